The molecule has 0 aliphatic rings. The molecule has 28 heavy (non-hydrogen) atoms. The molecule has 3 rings (SSSR count). The van der Waals surface area contributed by atoms with E-state index < -0.39 is 0 Å². The van der Waals surface area contributed by atoms with Crippen molar-refractivity contribution in [2.45, 2.75) is 26.9 Å². The zero-order chi connectivity index (χ0) is 19.8. The van der Waals surface area contributed by atoms with Crippen LogP contribution in [0, 0.1) is 6.92 Å². The van der Waals surface area contributed by atoms with Gasteiger partial charge in [-0.05, 0) is 49.7 Å². The van der Waals surface area contributed by atoms with E-state index >= 15 is 0 Å². The van der Waals surface area contributed by atoms with Crippen LogP contribution in [0.5, 0.6) is 11.5 Å². The van der Waals surface area contributed by atoms with Gasteiger partial charge < -0.3 is 14.8 Å². The highest BCUT2D eigenvalue weighted by molar-refractivity contribution is 7.09. The first-order valence-corrected chi connectivity index (χ1v) is 10.0. The van der Waals surface area contributed by atoms with Gasteiger partial charge in [-0.3, -0.25) is 9.78 Å². The van der Waals surface area contributed by atoms with Crippen molar-refractivity contribution in [1.29, 1.82) is 0 Å². The molecule has 1 amide bonds. The minimum Gasteiger partial charge on any atom is -0.490 e. The average Bonchev–Trinajstić information content (AvgIpc) is 3.13. The highest BCUT2D eigenvalue weighted by Crippen LogP contribution is 2.29. The number of ether oxygens (including phenoxy) is 2. The lowest BCUT2D eigenvalue weighted by Crippen LogP contribution is -2.25. The second-order valence-corrected chi connectivity index (χ2v) is 7.16. The molecular weight excluding hydrogens is 374 g/mol. The number of hydrogen-bond acceptors (Lipinski definition) is 6. The van der Waals surface area contributed by atoms with Crippen LogP contribution in [0.25, 0.3) is 0 Å². The molecular formula is C21H23N3O3S. The summed E-state index contributed by atoms with van der Waals surface area (Å²) >= 11 is 1.61. The van der Waals surface area contributed by atoms with Crippen molar-refractivity contribution in [3.8, 4) is 11.5 Å². The molecule has 0 bridgehead atoms. The second-order valence-electron chi connectivity index (χ2n) is 6.10. The predicted octanol–water partition coefficient (Wildman–Crippen LogP) is 3.80. The molecule has 0 saturated carbocycles. The summed E-state index contributed by atoms with van der Waals surface area (Å²) in [6.07, 6.45) is 4.16. The van der Waals surface area contributed by atoms with E-state index in [0.717, 1.165) is 16.3 Å². The molecule has 7 heteroatoms. The molecule has 0 aliphatic heterocycles. The number of pyridine rings is 1. The molecule has 146 valence electrons. The molecule has 3 aromatic rings. The standard InChI is InChI=1S/C21H23N3O3S/c1-3-26-20-12-17(21(25)23-11-8-18-14-28-15(2)24-18)4-5-19(20)27-13-16-6-9-22-10-7-16/h4-7,9-10,12,14H,3,8,11,13H2,1-2H3,(H,23,25). The van der Waals surface area contributed by atoms with Crippen molar-refractivity contribution in [3.05, 3.63) is 69.9 Å². The number of nitrogens with one attached hydrogen (secondary N) is 1. The Bertz CT molecular complexity index is 912. The molecule has 1 aromatic carbocycles. The zero-order valence-corrected chi connectivity index (χ0v) is 16.8. The fourth-order valence-corrected chi connectivity index (χ4v) is 3.25. The van der Waals surface area contributed by atoms with Crippen LogP contribution in [0.1, 0.15) is 33.5 Å². The van der Waals surface area contributed by atoms with E-state index in [1.807, 2.05) is 31.4 Å². The third-order valence-electron chi connectivity index (χ3n) is 3.98. The van der Waals surface area contributed by atoms with Crippen LogP contribution in [0.2, 0.25) is 0 Å². The van der Waals surface area contributed by atoms with E-state index in [-0.39, 0.29) is 5.91 Å². The predicted molar refractivity (Wildman–Crippen MR) is 109 cm³/mol. The van der Waals surface area contributed by atoms with Gasteiger partial charge >= 0.3 is 0 Å². The molecule has 6 nitrogen and oxygen atoms in total. The van der Waals surface area contributed by atoms with E-state index in [9.17, 15) is 4.79 Å². The first-order chi connectivity index (χ1) is 13.7. The SMILES string of the molecule is CCOc1cc(C(=O)NCCc2csc(C)n2)ccc1OCc1ccncc1. The number of hydrogen-bond donors (Lipinski definition) is 1. The molecule has 0 saturated heterocycles. The van der Waals surface area contributed by atoms with Crippen LogP contribution in [0.15, 0.2) is 48.1 Å². The summed E-state index contributed by atoms with van der Waals surface area (Å²) in [5.41, 5.74) is 2.54. The van der Waals surface area contributed by atoms with E-state index in [4.69, 9.17) is 9.47 Å². The van der Waals surface area contributed by atoms with Gasteiger partial charge in [-0.15, -0.1) is 11.3 Å². The largest absolute Gasteiger partial charge is 0.490 e. The Morgan fingerprint density at radius 3 is 2.68 bits per heavy atom. The van der Waals surface area contributed by atoms with Gasteiger partial charge in [-0.2, -0.15) is 0 Å². The van der Waals surface area contributed by atoms with Crippen molar-refractivity contribution in [3.63, 3.8) is 0 Å². The number of benzene rings is 1. The molecule has 0 radical (unpaired) electrons. The summed E-state index contributed by atoms with van der Waals surface area (Å²) in [5, 5.41) is 5.98. The number of carbonyl (C=O) groups excluding carboxylic acids is 1. The normalized spacial score (nSPS) is 10.5. The van der Waals surface area contributed by atoms with Crippen LogP contribution in [0.3, 0.4) is 0 Å². The first kappa shape index (κ1) is 19.8. The molecule has 0 atom stereocenters. The molecule has 0 fully saturated rings. The highest BCUT2D eigenvalue weighted by Gasteiger charge is 2.12. The Kier molecular flexibility index (Phi) is 6.97. The van der Waals surface area contributed by atoms with Crippen LogP contribution in [0.4, 0.5) is 0 Å². The topological polar surface area (TPSA) is 73.3 Å². The van der Waals surface area contributed by atoms with Gasteiger partial charge in [0.25, 0.3) is 5.91 Å². The van der Waals surface area contributed by atoms with E-state index in [1.54, 1.807) is 41.9 Å². The lowest BCUT2D eigenvalue weighted by molar-refractivity contribution is 0.0953. The Morgan fingerprint density at radius 1 is 1.14 bits per heavy atom. The second kappa shape index (κ2) is 9.85. The number of thiazole rings is 1. The Hall–Kier alpha value is -2.93. The lowest BCUT2D eigenvalue weighted by Gasteiger charge is -2.13. The van der Waals surface area contributed by atoms with Crippen LogP contribution >= 0.6 is 11.3 Å². The van der Waals surface area contributed by atoms with Crippen molar-refractivity contribution >= 4 is 17.2 Å². The maximum Gasteiger partial charge on any atom is 0.251 e. The third-order valence-corrected chi connectivity index (χ3v) is 4.81. The maximum atomic E-state index is 12.5. The summed E-state index contributed by atoms with van der Waals surface area (Å²) in [4.78, 5) is 20.9. The number of nitrogens with zero attached hydrogens (tertiary/aromatic N) is 2. The molecule has 1 N–H and O–H groups in total. The van der Waals surface area contributed by atoms with Crippen molar-refractivity contribution < 1.29 is 14.3 Å². The van der Waals surface area contributed by atoms with Gasteiger partial charge in [-0.25, -0.2) is 4.98 Å². The van der Waals surface area contributed by atoms with Gasteiger partial charge in [0.2, 0.25) is 0 Å². The van der Waals surface area contributed by atoms with Gasteiger partial charge in [0.1, 0.15) is 6.61 Å². The Labute approximate surface area is 168 Å². The van der Waals surface area contributed by atoms with Gasteiger partial charge in [0.15, 0.2) is 11.5 Å². The van der Waals surface area contributed by atoms with Crippen molar-refractivity contribution in [1.82, 2.24) is 15.3 Å². The number of carbonyl (C=O) groups is 1. The molecule has 0 spiro atoms. The number of aromatic nitrogens is 2. The highest BCUT2D eigenvalue weighted by atomic mass is 32.1. The fraction of sp³-hybridized carbons (Fsp3) is 0.286. The van der Waals surface area contributed by atoms with Crippen molar-refractivity contribution in [2.75, 3.05) is 13.2 Å². The number of aryl methyl sites for hydroxylation is 1. The monoisotopic (exact) mass is 397 g/mol. The smallest absolute Gasteiger partial charge is 0.251 e. The molecule has 2 heterocycles. The van der Waals surface area contributed by atoms with Crippen LogP contribution in [-0.4, -0.2) is 29.0 Å². The molecule has 2 aromatic heterocycles. The number of rotatable bonds is 9. The minimum atomic E-state index is -0.145. The summed E-state index contributed by atoms with van der Waals surface area (Å²) in [6.45, 7) is 5.29. The first-order valence-electron chi connectivity index (χ1n) is 9.13. The van der Waals surface area contributed by atoms with E-state index in [1.165, 1.54) is 0 Å². The lowest BCUT2D eigenvalue weighted by atomic mass is 10.2. The van der Waals surface area contributed by atoms with Crippen molar-refractivity contribution in [2.24, 2.45) is 0 Å². The van der Waals surface area contributed by atoms with Crippen LogP contribution < -0.4 is 14.8 Å². The third kappa shape index (κ3) is 5.53. The fourth-order valence-electron chi connectivity index (χ4n) is 2.61. The Morgan fingerprint density at radius 2 is 1.96 bits per heavy atom. The van der Waals surface area contributed by atoms with Gasteiger partial charge in [0, 0.05) is 36.3 Å². The van der Waals surface area contributed by atoms with Gasteiger partial charge in [-0.1, -0.05) is 0 Å². The van der Waals surface area contributed by atoms with E-state index in [2.05, 4.69) is 15.3 Å². The Balaban J connectivity index is 1.61. The summed E-state index contributed by atoms with van der Waals surface area (Å²) in [7, 11) is 0. The quantitative estimate of drug-likeness (QED) is 0.595. The van der Waals surface area contributed by atoms with E-state index in [0.29, 0.717) is 43.2 Å². The maximum absolute atomic E-state index is 12.5. The summed E-state index contributed by atoms with van der Waals surface area (Å²) in [6, 6.07) is 9.02. The average molecular weight is 398 g/mol. The molecule has 0 unspecified atom stereocenters. The van der Waals surface area contributed by atoms with Gasteiger partial charge in [0.05, 0.1) is 17.3 Å². The number of amides is 1. The van der Waals surface area contributed by atoms with Crippen LogP contribution in [-0.2, 0) is 13.0 Å². The summed E-state index contributed by atoms with van der Waals surface area (Å²) in [5.74, 6) is 1.01. The summed E-state index contributed by atoms with van der Waals surface area (Å²) < 4.78 is 11.5. The minimum absolute atomic E-state index is 0.145. The molecule has 0 aliphatic carbocycles. The zero-order valence-electron chi connectivity index (χ0n) is 16.0.